The number of aromatic nitrogens is 8. The van der Waals surface area contributed by atoms with Crippen molar-refractivity contribution in [2.24, 2.45) is 4.99 Å². The van der Waals surface area contributed by atoms with Crippen LogP contribution in [-0.4, -0.2) is 92.6 Å². The fraction of sp³-hybridized carbons (Fsp3) is 0.241. The molecule has 0 saturated carbocycles. The van der Waals surface area contributed by atoms with Gasteiger partial charge in [0.15, 0.2) is 0 Å². The second-order valence-corrected chi connectivity index (χ2v) is 35.0. The number of nitrogen functional groups attached to an aromatic ring is 2. The second-order valence-electron chi connectivity index (χ2n) is 35.0. The molecule has 33 nitrogen and oxygen atoms in total. The number of nitrogens with one attached hydrogen (secondary N) is 2. The molecule has 0 aliphatic rings. The van der Waals surface area contributed by atoms with Crippen LogP contribution in [0.15, 0.2) is 248 Å². The maximum atomic E-state index is 13.2. The summed E-state index contributed by atoms with van der Waals surface area (Å²) in [6, 6.07) is 69.9. The first kappa shape index (κ1) is 122. The minimum absolute atomic E-state index is 0. The van der Waals surface area contributed by atoms with Crippen molar-refractivity contribution < 1.29 is 124 Å². The van der Waals surface area contributed by atoms with E-state index in [0.29, 0.717) is 96.6 Å². The summed E-state index contributed by atoms with van der Waals surface area (Å²) in [7, 11) is 3.14. The molecule has 12 aromatic carbocycles. The number of aryl methyl sites for hydroxylation is 4. The number of hydrogen-bond acceptors (Lipinski definition) is 27. The summed E-state index contributed by atoms with van der Waals surface area (Å²) in [5.74, 6) is 7.68. The molecule has 10 N–H and O–H groups in total. The number of carboxylic acid groups (broad SMARTS) is 1. The van der Waals surface area contributed by atoms with Crippen molar-refractivity contribution in [3.8, 4) is 52.3 Å². The largest absolute Gasteiger partial charge is 1.00 e. The Balaban J connectivity index is 0.000000448. The van der Waals surface area contributed by atoms with Crippen molar-refractivity contribution in [2.45, 2.75) is 159 Å². The van der Waals surface area contributed by atoms with E-state index in [0.717, 1.165) is 90.0 Å². The van der Waals surface area contributed by atoms with E-state index in [4.69, 9.17) is 45.1 Å². The van der Waals surface area contributed by atoms with Gasteiger partial charge in [0.05, 0.1) is 56.5 Å². The molecule has 0 aliphatic carbocycles. The van der Waals surface area contributed by atoms with E-state index in [1.54, 1.807) is 87.9 Å². The van der Waals surface area contributed by atoms with Crippen molar-refractivity contribution in [2.75, 3.05) is 36.3 Å². The number of aliphatic imine (C=N–C) groups is 1. The van der Waals surface area contributed by atoms with Gasteiger partial charge in [-0.05, 0) is 147 Å². The third kappa shape index (κ3) is 34.1. The molecule has 0 spiro atoms. The predicted octanol–water partition coefficient (Wildman–Crippen LogP) is 23.9. The number of fused-ring (bicyclic) bond motifs is 5. The number of amides is 2. The normalized spacial score (nSPS) is 10.4. The predicted molar refractivity (Wildman–Crippen MR) is 560 cm³/mol. The van der Waals surface area contributed by atoms with Gasteiger partial charge in [-0.15, -0.1) is 0 Å². The van der Waals surface area contributed by atoms with Crippen molar-refractivity contribution in [3.63, 3.8) is 0 Å². The summed E-state index contributed by atoms with van der Waals surface area (Å²) in [6.07, 6.45) is 1.53. The Kier molecular flexibility index (Phi) is 47.3. The molecule has 0 atom stereocenters. The third-order valence-corrected chi connectivity index (χ3v) is 20.9. The molecule has 4 aromatic heterocycles. The second kappa shape index (κ2) is 56.3. The number of nitrogens with zero attached hydrogens (tertiary/aromatic N) is 12. The molecule has 2 amide bonds. The van der Waals surface area contributed by atoms with Gasteiger partial charge in [0.25, 0.3) is 23.5 Å². The Morgan fingerprint density at radius 1 is 0.434 bits per heavy atom. The molecule has 16 rings (SSSR count). The van der Waals surface area contributed by atoms with Gasteiger partial charge in [-0.25, -0.2) is 38.9 Å². The van der Waals surface area contributed by atoms with Crippen molar-refractivity contribution in [3.05, 3.63) is 343 Å². The molecule has 4 heterocycles. The first-order valence-corrected chi connectivity index (χ1v) is 44.4. The maximum absolute atomic E-state index is 13.2. The molecule has 0 bridgehead atoms. The Hall–Kier alpha value is -15.5. The molecule has 0 unspecified atom stereocenters. The van der Waals surface area contributed by atoms with E-state index in [2.05, 4.69) is 125 Å². The molecule has 37 heteroatoms. The number of nitrogens with two attached hydrogens (primary N) is 2. The molecule has 760 valence electrons. The topological polar surface area (TPSA) is 497 Å². The van der Waals surface area contributed by atoms with Crippen molar-refractivity contribution in [1.29, 1.82) is 0 Å². The summed E-state index contributed by atoms with van der Waals surface area (Å²) < 4.78 is 41.9. The van der Waals surface area contributed by atoms with Gasteiger partial charge in [-0.1, -0.05) is 212 Å². The monoisotopic (exact) mass is 2080 g/mol. The number of benzene rings is 12. The average Bonchev–Trinajstić information content (AvgIpc) is 0.796. The van der Waals surface area contributed by atoms with Gasteiger partial charge in [-0.3, -0.25) is 39.8 Å². The number of halogens is 2. The number of anilines is 4. The van der Waals surface area contributed by atoms with E-state index in [1.165, 1.54) is 42.5 Å². The van der Waals surface area contributed by atoms with Gasteiger partial charge < -0.3 is 69.6 Å². The summed E-state index contributed by atoms with van der Waals surface area (Å²) in [5.41, 5.74) is 20.4. The Labute approximate surface area is 877 Å². The zero-order valence-electron chi connectivity index (χ0n) is 84.9. The fourth-order valence-electron chi connectivity index (χ4n) is 13.8. The zero-order chi connectivity index (χ0) is 103. The first-order chi connectivity index (χ1) is 66.4. The number of ether oxygens (including phenoxy) is 5. The van der Waals surface area contributed by atoms with E-state index in [9.17, 15) is 49.4 Å². The standard InChI is InChI=1S/C30H34N4O3.C18H17N3O3.C18H19N3O.C12H15NO2.C10H6FNO2.C10H8N2O2.C8H12N2O.CH2O2.CH3.FH.H3N.Na.Pd.H2/c1-18(2)28-31-19(3)16-27(34-28)37-25-15-13-23(21-10-8-9-11-22(21)25)32-29(35)33-24-17-20(30(4,5)6)12-14-26(24)36-7;1-11(2)18-19-12(3)10-17(20-18)24-16-9-8-15(21(22)23)13-6-4-5-7-14(13)16;1-11(2)18-20-12(3)10-17(21-18)22-16-9-8-15(19)13-6-4-5-7-14(13)16;1-12(2,3)9-5-6-11(15-4)10(7-9)13-8-14;2*11-9-5-6-10(12(13)14)8-4-2-1-3-7(8)9;1-5(2)8-9-6(3)4-7(11)10-8;2-1-3;;;;;;/h8-18H,1-7H3,(H2,32,33,35);4-11H,1-3H3;4-11H,19H2,1-3H3;5-7H,1-4H3;1-6H;1-6H,11H2;4-5H,1-3H3,(H,9,10,11);1H,(H,2,3);1H3;1H;1H3;;;1H/q;;;;;;;;-1;;;+1;;/p-1/i;;;;;;;;;;;;;1+2. The quantitative estimate of drug-likeness (QED) is 0.00679. The van der Waals surface area contributed by atoms with E-state index in [1.807, 2.05) is 182 Å². The smallest absolute Gasteiger partial charge is 0.859 e. The molecule has 0 radical (unpaired) electrons. The van der Waals surface area contributed by atoms with Crippen LogP contribution in [0.1, 0.15) is 179 Å². The number of carbonyl (C=O) groups is 2. The molecule has 16 aromatic rings. The zero-order valence-corrected chi connectivity index (χ0v) is 88.4. The number of non-ortho nitro benzene ring substituents is 3. The van der Waals surface area contributed by atoms with Crippen LogP contribution in [0.3, 0.4) is 0 Å². The fourth-order valence-corrected chi connectivity index (χ4v) is 13.8. The van der Waals surface area contributed by atoms with Crippen LogP contribution in [0.25, 0.3) is 53.9 Å². The van der Waals surface area contributed by atoms with Crippen LogP contribution >= 0.6 is 0 Å². The van der Waals surface area contributed by atoms with E-state index >= 15 is 0 Å². The van der Waals surface area contributed by atoms with Gasteiger partial charge in [0.1, 0.15) is 63.5 Å². The third-order valence-electron chi connectivity index (χ3n) is 20.9. The molecule has 0 fully saturated rings. The van der Waals surface area contributed by atoms with Gasteiger partial charge in [0, 0.05) is 154 Å². The maximum Gasteiger partial charge on any atom is 1.00 e. The minimum Gasteiger partial charge on any atom is -0.859 e. The van der Waals surface area contributed by atoms with Crippen LogP contribution in [0.2, 0.25) is 0 Å². The Bertz CT molecular complexity index is 7110. The first-order valence-electron chi connectivity index (χ1n) is 44.4. The number of carbonyl (C=O) groups excluding carboxylic acids is 2. The molecular weight excluding hydrogens is 1960 g/mol. The molecule has 0 saturated heterocycles. The summed E-state index contributed by atoms with van der Waals surface area (Å²) in [5, 5.41) is 63.0. The minimum atomic E-state index is -0.512. The molecule has 0 aliphatic heterocycles. The van der Waals surface area contributed by atoms with Gasteiger partial charge in [0.2, 0.25) is 23.7 Å². The van der Waals surface area contributed by atoms with Gasteiger partial charge >= 0.3 is 35.6 Å². The number of nitro benzene ring substituents is 3. The average molecular weight is 2080 g/mol. The van der Waals surface area contributed by atoms with E-state index < -0.39 is 20.6 Å². The number of methoxy groups -OCH3 is 2. The van der Waals surface area contributed by atoms with Crippen LogP contribution in [-0.2, 0) is 40.8 Å². The van der Waals surface area contributed by atoms with Crippen LogP contribution in [0.4, 0.5) is 59.4 Å². The van der Waals surface area contributed by atoms with Crippen LogP contribution in [0, 0.1) is 71.3 Å². The number of nitro groups is 3. The van der Waals surface area contributed by atoms with Crippen LogP contribution < -0.4 is 86.6 Å². The number of isocyanates is 1. The number of hydrogen-bond donors (Lipinski definition) is 6. The SMILES string of the molecule is COc1ccc(C(C)(C)C)cc1N=C=O.COc1ccc(C(C)(C)C)cc1NC(=O)Nc1ccc(Oc2cc(C)nc(C(C)C)n2)c2ccccc12.Cc1cc(Oc2ccc(N)c3ccccc23)nc(C(C)C)n1.Cc1cc(Oc2ccc([N+](=O)[O-])c3ccccc23)nc(C(C)C)n1.Cc1cc([O-])nc(C(C)C)n1.F.N.Nc1ccc([N+](=O)[O-])c2ccccc12.O=CO.O=[N+]([O-])c1ccc(F)c2ccccc12.[3HH].[CH3-].[Na+].[Pd]. The van der Waals surface area contributed by atoms with Gasteiger partial charge in [-0.2, -0.15) is 19.9 Å². The molecule has 145 heavy (non-hydrogen) atoms. The van der Waals surface area contributed by atoms with Crippen LogP contribution in [0.5, 0.6) is 52.3 Å². The number of rotatable bonds is 18. The Morgan fingerprint density at radius 2 is 0.731 bits per heavy atom. The number of urea groups is 1. The van der Waals surface area contributed by atoms with Crippen molar-refractivity contribution in [1.82, 2.24) is 46.0 Å². The summed E-state index contributed by atoms with van der Waals surface area (Å²) in [4.78, 5) is 101. The van der Waals surface area contributed by atoms with E-state index in [-0.39, 0.29) is 145 Å². The Morgan fingerprint density at radius 3 is 1.12 bits per heavy atom. The summed E-state index contributed by atoms with van der Waals surface area (Å²) in [6.45, 7) is 36.2. The molecular formula is C108H121F2N17NaO16Pd-. The van der Waals surface area contributed by atoms with Crippen molar-refractivity contribution >= 4 is 118 Å². The summed E-state index contributed by atoms with van der Waals surface area (Å²) >= 11 is 0.